The Morgan fingerprint density at radius 2 is 2.06 bits per heavy atom. The molecule has 18 heavy (non-hydrogen) atoms. The monoisotopic (exact) mass is 242 g/mol. The van der Waals surface area contributed by atoms with E-state index in [-0.39, 0.29) is 0 Å². The van der Waals surface area contributed by atoms with E-state index in [0.29, 0.717) is 17.1 Å². The van der Waals surface area contributed by atoms with Gasteiger partial charge in [-0.05, 0) is 49.5 Å². The molecule has 1 heterocycles. The lowest BCUT2D eigenvalue weighted by atomic mass is 9.98. The smallest absolute Gasteiger partial charge is 0.150 e. The highest BCUT2D eigenvalue weighted by Gasteiger charge is 2.41. The first-order chi connectivity index (χ1) is 8.79. The number of anilines is 2. The Labute approximate surface area is 107 Å². The largest absolute Gasteiger partial charge is 0.395 e. The van der Waals surface area contributed by atoms with Gasteiger partial charge in [-0.25, -0.2) is 4.98 Å². The second kappa shape index (κ2) is 4.49. The van der Waals surface area contributed by atoms with Crippen molar-refractivity contribution >= 4 is 11.5 Å². The molecule has 3 rings (SSSR count). The molecule has 2 aliphatic carbocycles. The maximum Gasteiger partial charge on any atom is 0.150 e. The van der Waals surface area contributed by atoms with E-state index >= 15 is 0 Å². The molecule has 4 heteroatoms. The number of nitrogens with zero attached hydrogens (tertiary/aromatic N) is 2. The fraction of sp³-hybridized carbons (Fsp3) is 0.571. The third-order valence-electron chi connectivity index (χ3n) is 4.07. The highest BCUT2D eigenvalue weighted by molar-refractivity contribution is 5.68. The van der Waals surface area contributed by atoms with Crippen molar-refractivity contribution in [3.8, 4) is 6.07 Å². The van der Waals surface area contributed by atoms with Gasteiger partial charge in [-0.1, -0.05) is 0 Å². The third kappa shape index (κ3) is 2.26. The molecule has 0 saturated heterocycles. The Hall–Kier alpha value is -1.76. The summed E-state index contributed by atoms with van der Waals surface area (Å²) in [5.41, 5.74) is 6.89. The zero-order valence-electron chi connectivity index (χ0n) is 10.4. The second-order valence-electron chi connectivity index (χ2n) is 5.45. The highest BCUT2D eigenvalue weighted by Crippen LogP contribution is 2.49. The number of pyridine rings is 1. The van der Waals surface area contributed by atoms with Crippen LogP contribution in [-0.4, -0.2) is 11.5 Å². The molecule has 0 unspecified atom stereocenters. The minimum atomic E-state index is 0.477. The maximum absolute atomic E-state index is 8.93. The summed E-state index contributed by atoms with van der Waals surface area (Å²) >= 11 is 0. The lowest BCUT2D eigenvalue weighted by Gasteiger charge is -2.17. The molecule has 2 aliphatic rings. The molecule has 94 valence electrons. The summed E-state index contributed by atoms with van der Waals surface area (Å²) in [6, 6.07) is 3.74. The van der Waals surface area contributed by atoms with Crippen LogP contribution in [0.5, 0.6) is 0 Å². The lowest BCUT2D eigenvalue weighted by molar-refractivity contribution is 0.428. The molecule has 0 radical (unpaired) electrons. The number of hydrogen-bond donors (Lipinski definition) is 2. The first-order valence-corrected chi connectivity index (χ1v) is 6.68. The molecule has 2 fully saturated rings. The van der Waals surface area contributed by atoms with Crippen LogP contribution in [0.1, 0.15) is 31.2 Å². The SMILES string of the molecule is N#Cc1ccnc(NCC(C2CC2)C2CC2)c1N. The van der Waals surface area contributed by atoms with Gasteiger partial charge in [-0.2, -0.15) is 5.26 Å². The van der Waals surface area contributed by atoms with Crippen LogP contribution < -0.4 is 11.1 Å². The van der Waals surface area contributed by atoms with Gasteiger partial charge in [0.15, 0.2) is 5.82 Å². The predicted octanol–water partition coefficient (Wildman–Crippen LogP) is 2.38. The zero-order valence-corrected chi connectivity index (χ0v) is 10.4. The van der Waals surface area contributed by atoms with Crippen molar-refractivity contribution < 1.29 is 0 Å². The number of nitrogens with two attached hydrogens (primary N) is 1. The van der Waals surface area contributed by atoms with Crippen molar-refractivity contribution in [2.24, 2.45) is 17.8 Å². The number of nitrogens with one attached hydrogen (secondary N) is 1. The van der Waals surface area contributed by atoms with Gasteiger partial charge in [0.2, 0.25) is 0 Å². The van der Waals surface area contributed by atoms with Crippen molar-refractivity contribution in [1.82, 2.24) is 4.98 Å². The van der Waals surface area contributed by atoms with Crippen molar-refractivity contribution in [3.63, 3.8) is 0 Å². The van der Waals surface area contributed by atoms with Gasteiger partial charge in [0.1, 0.15) is 6.07 Å². The molecular weight excluding hydrogens is 224 g/mol. The van der Waals surface area contributed by atoms with E-state index in [2.05, 4.69) is 16.4 Å². The maximum atomic E-state index is 8.93. The van der Waals surface area contributed by atoms with Gasteiger partial charge in [0, 0.05) is 12.7 Å². The van der Waals surface area contributed by atoms with Gasteiger partial charge < -0.3 is 11.1 Å². The molecule has 0 bridgehead atoms. The van der Waals surface area contributed by atoms with Gasteiger partial charge in [-0.15, -0.1) is 0 Å². The zero-order chi connectivity index (χ0) is 12.5. The Kier molecular flexibility index (Phi) is 2.83. The molecule has 1 aromatic rings. The van der Waals surface area contributed by atoms with Crippen molar-refractivity contribution in [3.05, 3.63) is 17.8 Å². The van der Waals surface area contributed by atoms with E-state index < -0.39 is 0 Å². The van der Waals surface area contributed by atoms with Crippen LogP contribution >= 0.6 is 0 Å². The van der Waals surface area contributed by atoms with Gasteiger partial charge in [-0.3, -0.25) is 0 Å². The summed E-state index contributed by atoms with van der Waals surface area (Å²) in [6.45, 7) is 0.946. The number of aromatic nitrogens is 1. The Morgan fingerprint density at radius 3 is 2.61 bits per heavy atom. The van der Waals surface area contributed by atoms with Crippen LogP contribution in [-0.2, 0) is 0 Å². The van der Waals surface area contributed by atoms with E-state index in [4.69, 9.17) is 11.0 Å². The fourth-order valence-electron chi connectivity index (χ4n) is 2.69. The van der Waals surface area contributed by atoms with Crippen molar-refractivity contribution in [2.75, 3.05) is 17.6 Å². The predicted molar refractivity (Wildman–Crippen MR) is 70.8 cm³/mol. The average Bonchev–Trinajstić information content (AvgIpc) is 3.25. The van der Waals surface area contributed by atoms with E-state index in [1.54, 1.807) is 12.3 Å². The van der Waals surface area contributed by atoms with Crippen molar-refractivity contribution in [1.29, 1.82) is 5.26 Å². The lowest BCUT2D eigenvalue weighted by Crippen LogP contribution is -2.19. The Bertz CT molecular complexity index is 471. The summed E-state index contributed by atoms with van der Waals surface area (Å²) in [4.78, 5) is 4.23. The minimum absolute atomic E-state index is 0.477. The molecule has 0 spiro atoms. The summed E-state index contributed by atoms with van der Waals surface area (Å²) in [6.07, 6.45) is 7.16. The van der Waals surface area contributed by atoms with Crippen LogP contribution in [0.25, 0.3) is 0 Å². The normalized spacial score (nSPS) is 18.7. The minimum Gasteiger partial charge on any atom is -0.395 e. The van der Waals surface area contributed by atoms with Gasteiger partial charge in [0.25, 0.3) is 0 Å². The van der Waals surface area contributed by atoms with Crippen molar-refractivity contribution in [2.45, 2.75) is 25.7 Å². The number of hydrogen-bond acceptors (Lipinski definition) is 4. The van der Waals surface area contributed by atoms with Crippen LogP contribution in [0, 0.1) is 29.1 Å². The molecule has 4 nitrogen and oxygen atoms in total. The quantitative estimate of drug-likeness (QED) is 0.831. The molecule has 0 aromatic carbocycles. The van der Waals surface area contributed by atoms with E-state index in [1.165, 1.54) is 25.7 Å². The first-order valence-electron chi connectivity index (χ1n) is 6.68. The average molecular weight is 242 g/mol. The fourth-order valence-corrected chi connectivity index (χ4v) is 2.69. The number of rotatable bonds is 5. The molecule has 0 atom stereocenters. The van der Waals surface area contributed by atoms with E-state index in [9.17, 15) is 0 Å². The number of nitriles is 1. The van der Waals surface area contributed by atoms with Crippen LogP contribution in [0.3, 0.4) is 0 Å². The third-order valence-corrected chi connectivity index (χ3v) is 4.07. The number of nitrogen functional groups attached to an aromatic ring is 1. The molecular formula is C14H18N4. The van der Waals surface area contributed by atoms with Gasteiger partial charge >= 0.3 is 0 Å². The van der Waals surface area contributed by atoms with E-state index in [1.807, 2.05) is 0 Å². The summed E-state index contributed by atoms with van der Waals surface area (Å²) in [7, 11) is 0. The standard InChI is InChI=1S/C14H18N4/c15-7-11-5-6-17-14(13(11)16)18-8-12(9-1-2-9)10-3-4-10/h5-6,9-10,12H,1-4,8,16H2,(H,17,18). The first kappa shape index (κ1) is 11.3. The molecule has 3 N–H and O–H groups in total. The van der Waals surface area contributed by atoms with Gasteiger partial charge in [0.05, 0.1) is 11.3 Å². The van der Waals surface area contributed by atoms with E-state index in [0.717, 1.165) is 24.3 Å². The molecule has 0 amide bonds. The Morgan fingerprint density at radius 1 is 1.39 bits per heavy atom. The highest BCUT2D eigenvalue weighted by atomic mass is 15.0. The Balaban J connectivity index is 1.67. The summed E-state index contributed by atoms with van der Waals surface area (Å²) in [5.74, 6) is 3.26. The van der Waals surface area contributed by atoms with Crippen LogP contribution in [0.2, 0.25) is 0 Å². The molecule has 1 aromatic heterocycles. The van der Waals surface area contributed by atoms with Crippen LogP contribution in [0.4, 0.5) is 11.5 Å². The summed E-state index contributed by atoms with van der Waals surface area (Å²) < 4.78 is 0. The molecule has 0 aliphatic heterocycles. The summed E-state index contributed by atoms with van der Waals surface area (Å²) in [5, 5.41) is 12.3. The second-order valence-corrected chi connectivity index (χ2v) is 5.45. The topological polar surface area (TPSA) is 74.7 Å². The van der Waals surface area contributed by atoms with Crippen LogP contribution in [0.15, 0.2) is 12.3 Å². The molecule has 2 saturated carbocycles.